The first kappa shape index (κ1) is 6.46. The standard InChI is InChI=1S/C10H10O2/c11-9-8-6-12-5-7(8)1-2-10(9)3-4-10/h5-6H,1-4H2. The second-order valence-electron chi connectivity index (χ2n) is 3.92. The van der Waals surface area contributed by atoms with E-state index in [1.54, 1.807) is 12.5 Å². The second-order valence-corrected chi connectivity index (χ2v) is 3.92. The molecule has 0 saturated heterocycles. The number of aryl methyl sites for hydroxylation is 1. The molecule has 1 aromatic heterocycles. The summed E-state index contributed by atoms with van der Waals surface area (Å²) in [5.74, 6) is 0.331. The molecule has 0 aliphatic heterocycles. The van der Waals surface area contributed by atoms with E-state index in [1.165, 1.54) is 0 Å². The van der Waals surface area contributed by atoms with Crippen molar-refractivity contribution in [1.82, 2.24) is 0 Å². The average molecular weight is 162 g/mol. The van der Waals surface area contributed by atoms with Crippen LogP contribution < -0.4 is 0 Å². The Labute approximate surface area is 70.6 Å². The number of carbonyl (C=O) groups excluding carboxylic acids is 1. The van der Waals surface area contributed by atoms with Gasteiger partial charge in [0.15, 0.2) is 5.78 Å². The SMILES string of the molecule is O=C1c2cocc2CCC12CC2. The van der Waals surface area contributed by atoms with Crippen molar-refractivity contribution in [3.63, 3.8) is 0 Å². The minimum Gasteiger partial charge on any atom is -0.472 e. The van der Waals surface area contributed by atoms with Crippen molar-refractivity contribution in [1.29, 1.82) is 0 Å². The molecular weight excluding hydrogens is 152 g/mol. The summed E-state index contributed by atoms with van der Waals surface area (Å²) in [7, 11) is 0. The Morgan fingerprint density at radius 1 is 1.25 bits per heavy atom. The van der Waals surface area contributed by atoms with E-state index in [1.807, 2.05) is 0 Å². The van der Waals surface area contributed by atoms with Crippen LogP contribution in [0.4, 0.5) is 0 Å². The Hall–Kier alpha value is -1.05. The molecule has 0 radical (unpaired) electrons. The summed E-state index contributed by atoms with van der Waals surface area (Å²) < 4.78 is 5.04. The number of rotatable bonds is 0. The Balaban J connectivity index is 2.13. The van der Waals surface area contributed by atoms with Crippen molar-refractivity contribution in [2.75, 3.05) is 0 Å². The van der Waals surface area contributed by atoms with Gasteiger partial charge in [-0.1, -0.05) is 0 Å². The van der Waals surface area contributed by atoms with Gasteiger partial charge in [0, 0.05) is 11.0 Å². The summed E-state index contributed by atoms with van der Waals surface area (Å²) >= 11 is 0. The van der Waals surface area contributed by atoms with Crippen LogP contribution in [0.5, 0.6) is 0 Å². The van der Waals surface area contributed by atoms with Crippen LogP contribution in [0.2, 0.25) is 0 Å². The minimum atomic E-state index is 0.0525. The highest BCUT2D eigenvalue weighted by atomic mass is 16.3. The van der Waals surface area contributed by atoms with Gasteiger partial charge in [-0.25, -0.2) is 0 Å². The van der Waals surface area contributed by atoms with E-state index in [9.17, 15) is 4.79 Å². The fourth-order valence-electron chi connectivity index (χ4n) is 2.12. The van der Waals surface area contributed by atoms with Crippen molar-refractivity contribution < 1.29 is 9.21 Å². The zero-order valence-corrected chi connectivity index (χ0v) is 6.80. The van der Waals surface area contributed by atoms with Crippen LogP contribution in [-0.4, -0.2) is 5.78 Å². The lowest BCUT2D eigenvalue weighted by atomic mass is 9.82. The van der Waals surface area contributed by atoms with E-state index in [2.05, 4.69) is 0 Å². The lowest BCUT2D eigenvalue weighted by Gasteiger charge is -2.18. The van der Waals surface area contributed by atoms with Gasteiger partial charge in [0.1, 0.15) is 6.26 Å². The molecule has 1 fully saturated rings. The van der Waals surface area contributed by atoms with Crippen LogP contribution >= 0.6 is 0 Å². The first-order valence-corrected chi connectivity index (χ1v) is 4.42. The van der Waals surface area contributed by atoms with E-state index in [0.717, 1.165) is 36.8 Å². The number of fused-ring (bicyclic) bond motifs is 1. The Kier molecular flexibility index (Phi) is 0.978. The Bertz CT molecular complexity index is 344. The van der Waals surface area contributed by atoms with Crippen molar-refractivity contribution in [3.8, 4) is 0 Å². The van der Waals surface area contributed by atoms with E-state index in [-0.39, 0.29) is 5.41 Å². The summed E-state index contributed by atoms with van der Waals surface area (Å²) in [6.45, 7) is 0. The van der Waals surface area contributed by atoms with Gasteiger partial charge in [-0.05, 0) is 25.7 Å². The molecule has 62 valence electrons. The molecule has 1 heterocycles. The van der Waals surface area contributed by atoms with E-state index < -0.39 is 0 Å². The maximum atomic E-state index is 11.8. The van der Waals surface area contributed by atoms with Crippen molar-refractivity contribution in [3.05, 3.63) is 23.7 Å². The maximum Gasteiger partial charge on any atom is 0.172 e. The number of furan rings is 1. The molecule has 0 aromatic carbocycles. The third kappa shape index (κ3) is 0.631. The highest BCUT2D eigenvalue weighted by Crippen LogP contribution is 2.54. The predicted octanol–water partition coefficient (Wildman–Crippen LogP) is 2.19. The van der Waals surface area contributed by atoms with Crippen LogP contribution in [0, 0.1) is 5.41 Å². The molecule has 0 unspecified atom stereocenters. The molecule has 2 aliphatic carbocycles. The molecule has 1 aromatic rings. The molecule has 0 N–H and O–H groups in total. The van der Waals surface area contributed by atoms with Gasteiger partial charge in [-0.15, -0.1) is 0 Å². The van der Waals surface area contributed by atoms with Crippen molar-refractivity contribution in [2.45, 2.75) is 25.7 Å². The van der Waals surface area contributed by atoms with Gasteiger partial charge >= 0.3 is 0 Å². The fourth-order valence-corrected chi connectivity index (χ4v) is 2.12. The third-order valence-corrected chi connectivity index (χ3v) is 3.19. The summed E-state index contributed by atoms with van der Waals surface area (Å²) in [5.41, 5.74) is 2.01. The maximum absolute atomic E-state index is 11.8. The zero-order valence-electron chi connectivity index (χ0n) is 6.80. The molecule has 0 bridgehead atoms. The van der Waals surface area contributed by atoms with Gasteiger partial charge in [0.05, 0.1) is 11.8 Å². The summed E-state index contributed by atoms with van der Waals surface area (Å²) in [6, 6.07) is 0. The quantitative estimate of drug-likeness (QED) is 0.585. The zero-order chi connectivity index (χ0) is 8.18. The molecule has 1 spiro atoms. The number of hydrogen-bond donors (Lipinski definition) is 0. The largest absolute Gasteiger partial charge is 0.472 e. The van der Waals surface area contributed by atoms with Crippen LogP contribution in [0.15, 0.2) is 16.9 Å². The monoisotopic (exact) mass is 162 g/mol. The minimum absolute atomic E-state index is 0.0525. The third-order valence-electron chi connectivity index (χ3n) is 3.19. The predicted molar refractivity (Wildman–Crippen MR) is 43.0 cm³/mol. The van der Waals surface area contributed by atoms with Crippen molar-refractivity contribution in [2.24, 2.45) is 5.41 Å². The Morgan fingerprint density at radius 2 is 2.08 bits per heavy atom. The molecule has 12 heavy (non-hydrogen) atoms. The van der Waals surface area contributed by atoms with E-state index in [0.29, 0.717) is 5.78 Å². The summed E-state index contributed by atoms with van der Waals surface area (Å²) in [5, 5.41) is 0. The molecule has 2 nitrogen and oxygen atoms in total. The Morgan fingerprint density at radius 3 is 2.83 bits per heavy atom. The van der Waals surface area contributed by atoms with Crippen LogP contribution in [0.3, 0.4) is 0 Å². The second kappa shape index (κ2) is 1.82. The molecule has 3 rings (SSSR count). The fraction of sp³-hybridized carbons (Fsp3) is 0.500. The smallest absolute Gasteiger partial charge is 0.172 e. The van der Waals surface area contributed by atoms with Gasteiger partial charge in [0.2, 0.25) is 0 Å². The average Bonchev–Trinajstić information content (AvgIpc) is 2.69. The van der Waals surface area contributed by atoms with Crippen molar-refractivity contribution >= 4 is 5.78 Å². The van der Waals surface area contributed by atoms with Crippen LogP contribution in [-0.2, 0) is 6.42 Å². The normalized spacial score (nSPS) is 24.2. The number of carbonyl (C=O) groups is 1. The molecule has 1 saturated carbocycles. The van der Waals surface area contributed by atoms with Gasteiger partial charge < -0.3 is 4.42 Å². The highest BCUT2D eigenvalue weighted by molar-refractivity contribution is 6.04. The summed E-state index contributed by atoms with van der Waals surface area (Å²) in [6.07, 6.45) is 7.57. The summed E-state index contributed by atoms with van der Waals surface area (Å²) in [4.78, 5) is 11.8. The first-order valence-electron chi connectivity index (χ1n) is 4.42. The van der Waals surface area contributed by atoms with Crippen LogP contribution in [0.1, 0.15) is 35.2 Å². The van der Waals surface area contributed by atoms with E-state index >= 15 is 0 Å². The molecule has 0 atom stereocenters. The highest BCUT2D eigenvalue weighted by Gasteiger charge is 2.52. The van der Waals surface area contributed by atoms with Gasteiger partial charge in [-0.3, -0.25) is 4.79 Å². The molecule has 2 aliphatic rings. The van der Waals surface area contributed by atoms with Gasteiger partial charge in [-0.2, -0.15) is 0 Å². The molecule has 2 heteroatoms. The topological polar surface area (TPSA) is 30.2 Å². The number of hydrogen-bond acceptors (Lipinski definition) is 2. The van der Waals surface area contributed by atoms with Gasteiger partial charge in [0.25, 0.3) is 0 Å². The number of Topliss-reactive ketones (excluding diaryl/α,β-unsaturated/α-hetero) is 1. The molecular formula is C10H10O2. The van der Waals surface area contributed by atoms with E-state index in [4.69, 9.17) is 4.42 Å². The molecule has 0 amide bonds. The lowest BCUT2D eigenvalue weighted by molar-refractivity contribution is 0.0880. The number of ketones is 1. The lowest BCUT2D eigenvalue weighted by Crippen LogP contribution is -2.22. The first-order chi connectivity index (χ1) is 5.82. The van der Waals surface area contributed by atoms with Crippen LogP contribution in [0.25, 0.3) is 0 Å².